The van der Waals surface area contributed by atoms with Crippen molar-refractivity contribution in [2.45, 2.75) is 5.50 Å². The second-order valence-corrected chi connectivity index (χ2v) is 3.54. The fourth-order valence-corrected chi connectivity index (χ4v) is 1.97. The maximum Gasteiger partial charge on any atom is 0.270 e. The lowest BCUT2D eigenvalue weighted by Gasteiger charge is -2.01. The van der Waals surface area contributed by atoms with E-state index < -0.39 is 5.91 Å². The summed E-state index contributed by atoms with van der Waals surface area (Å²) in [6.45, 7) is 0. The number of nitrogens with two attached hydrogens (primary N) is 1. The van der Waals surface area contributed by atoms with E-state index in [4.69, 9.17) is 5.73 Å². The Hall–Kier alpha value is -1.21. The Kier molecular flexibility index (Phi) is 1.89. The minimum absolute atomic E-state index is 0.0846. The van der Waals surface area contributed by atoms with Crippen LogP contribution < -0.4 is 11.1 Å². The molecular formula is C6H7N5OS. The highest BCUT2D eigenvalue weighted by Gasteiger charge is 2.31. The summed E-state index contributed by atoms with van der Waals surface area (Å²) < 4.78 is 0. The molecule has 2 aliphatic rings. The van der Waals surface area contributed by atoms with Crippen molar-refractivity contribution in [2.24, 2.45) is 21.0 Å². The molecule has 1 amide bonds. The Balaban J connectivity index is 2.35. The molecule has 1 unspecified atom stereocenters. The van der Waals surface area contributed by atoms with Crippen molar-refractivity contribution in [1.82, 2.24) is 5.32 Å². The number of primary amides is 1. The largest absolute Gasteiger partial charge is 0.364 e. The van der Waals surface area contributed by atoms with E-state index in [9.17, 15) is 4.79 Å². The summed E-state index contributed by atoms with van der Waals surface area (Å²) in [7, 11) is 1.78. The highest BCUT2D eigenvalue weighted by molar-refractivity contribution is 8.05. The van der Waals surface area contributed by atoms with Crippen LogP contribution >= 0.6 is 11.8 Å². The number of rotatable bonds is 2. The zero-order valence-corrected chi connectivity index (χ0v) is 7.63. The van der Waals surface area contributed by atoms with Crippen LogP contribution in [-0.2, 0) is 4.79 Å². The molecule has 0 aromatic carbocycles. The number of carbonyl (C=O) groups is 1. The molecule has 0 saturated carbocycles. The molecule has 2 rings (SSSR count). The molecule has 2 aliphatic heterocycles. The van der Waals surface area contributed by atoms with E-state index >= 15 is 0 Å². The molecule has 0 bridgehead atoms. The fourth-order valence-electron chi connectivity index (χ4n) is 1.02. The van der Waals surface area contributed by atoms with Gasteiger partial charge in [0.2, 0.25) is 0 Å². The van der Waals surface area contributed by atoms with Crippen LogP contribution in [0.3, 0.4) is 0 Å². The van der Waals surface area contributed by atoms with E-state index in [1.54, 1.807) is 7.05 Å². The molecule has 13 heavy (non-hydrogen) atoms. The smallest absolute Gasteiger partial charge is 0.270 e. The fraction of sp³-hybridized carbons (Fsp3) is 0.333. The van der Waals surface area contributed by atoms with Crippen molar-refractivity contribution in [3.63, 3.8) is 0 Å². The maximum absolute atomic E-state index is 10.9. The SMILES string of the molecule is CNC1N=C2N=NC(C(N)=O)=C2S1. The van der Waals surface area contributed by atoms with Crippen molar-refractivity contribution in [1.29, 1.82) is 0 Å². The molecule has 1 atom stereocenters. The van der Waals surface area contributed by atoms with Crippen LogP contribution in [0.4, 0.5) is 0 Å². The molecule has 7 heteroatoms. The zero-order chi connectivity index (χ0) is 9.42. The van der Waals surface area contributed by atoms with Gasteiger partial charge in [-0.1, -0.05) is 11.8 Å². The highest BCUT2D eigenvalue weighted by Crippen LogP contribution is 2.36. The number of thioether (sulfide) groups is 1. The van der Waals surface area contributed by atoms with E-state index in [0.717, 1.165) is 0 Å². The highest BCUT2D eigenvalue weighted by atomic mass is 32.2. The summed E-state index contributed by atoms with van der Waals surface area (Å²) in [5.74, 6) is -0.0636. The average molecular weight is 197 g/mol. The number of aliphatic imine (C=N–C) groups is 1. The van der Waals surface area contributed by atoms with Crippen LogP contribution in [0.25, 0.3) is 0 Å². The van der Waals surface area contributed by atoms with E-state index in [1.807, 2.05) is 0 Å². The number of fused-ring (bicyclic) bond motifs is 1. The minimum Gasteiger partial charge on any atom is -0.364 e. The molecule has 0 aromatic rings. The molecule has 0 saturated heterocycles. The van der Waals surface area contributed by atoms with Crippen LogP contribution in [0, 0.1) is 0 Å². The van der Waals surface area contributed by atoms with Gasteiger partial charge in [-0.15, -0.1) is 10.2 Å². The van der Waals surface area contributed by atoms with E-state index in [0.29, 0.717) is 10.7 Å². The van der Waals surface area contributed by atoms with Gasteiger partial charge in [0, 0.05) is 0 Å². The van der Waals surface area contributed by atoms with Gasteiger partial charge in [-0.05, 0) is 7.05 Å². The lowest BCUT2D eigenvalue weighted by Crippen LogP contribution is -2.16. The van der Waals surface area contributed by atoms with Gasteiger partial charge in [0.05, 0.1) is 4.91 Å². The number of nitrogens with one attached hydrogen (secondary N) is 1. The molecule has 68 valence electrons. The Morgan fingerprint density at radius 2 is 2.38 bits per heavy atom. The molecule has 6 nitrogen and oxygen atoms in total. The van der Waals surface area contributed by atoms with Crippen molar-refractivity contribution >= 4 is 23.5 Å². The molecule has 0 spiro atoms. The predicted octanol–water partition coefficient (Wildman–Crippen LogP) is -0.203. The van der Waals surface area contributed by atoms with E-state index in [1.165, 1.54) is 11.8 Å². The topological polar surface area (TPSA) is 92.2 Å². The van der Waals surface area contributed by atoms with Crippen LogP contribution in [0.15, 0.2) is 25.8 Å². The standard InChI is InChI=1S/C6H7N5OS/c1-8-6-9-5-3(13-6)2(4(7)12)10-11-5/h6,8H,1H3,(H2,7,12). The first kappa shape index (κ1) is 8.39. The van der Waals surface area contributed by atoms with Crippen LogP contribution in [0.5, 0.6) is 0 Å². The van der Waals surface area contributed by atoms with Crippen LogP contribution in [-0.4, -0.2) is 24.3 Å². The second-order valence-electron chi connectivity index (χ2n) is 2.45. The Morgan fingerprint density at radius 3 is 3.00 bits per heavy atom. The first-order valence-electron chi connectivity index (χ1n) is 3.60. The van der Waals surface area contributed by atoms with Crippen LogP contribution in [0.2, 0.25) is 0 Å². The third-order valence-electron chi connectivity index (χ3n) is 1.61. The van der Waals surface area contributed by atoms with Gasteiger partial charge in [0.25, 0.3) is 5.91 Å². The van der Waals surface area contributed by atoms with Crippen molar-refractivity contribution in [3.8, 4) is 0 Å². The minimum atomic E-state index is -0.562. The number of amides is 1. The van der Waals surface area contributed by atoms with E-state index in [2.05, 4.69) is 20.5 Å². The molecule has 0 aromatic heterocycles. The molecule has 3 N–H and O–H groups in total. The molecule has 0 radical (unpaired) electrons. The quantitative estimate of drug-likeness (QED) is 0.642. The van der Waals surface area contributed by atoms with Gasteiger partial charge in [0.1, 0.15) is 0 Å². The van der Waals surface area contributed by atoms with Gasteiger partial charge >= 0.3 is 0 Å². The maximum atomic E-state index is 10.9. The molecule has 0 aliphatic carbocycles. The lowest BCUT2D eigenvalue weighted by molar-refractivity contribution is -0.114. The van der Waals surface area contributed by atoms with Gasteiger partial charge in [0.15, 0.2) is 17.0 Å². The predicted molar refractivity (Wildman–Crippen MR) is 49.0 cm³/mol. The van der Waals surface area contributed by atoms with Crippen molar-refractivity contribution in [2.75, 3.05) is 7.05 Å². The summed E-state index contributed by atoms with van der Waals surface area (Å²) >= 11 is 1.39. The second kappa shape index (κ2) is 2.93. The Labute approximate surface area is 78.4 Å². The van der Waals surface area contributed by atoms with Crippen molar-refractivity contribution in [3.05, 3.63) is 10.6 Å². The van der Waals surface area contributed by atoms with Gasteiger partial charge in [-0.25, -0.2) is 4.99 Å². The van der Waals surface area contributed by atoms with Gasteiger partial charge in [-0.3, -0.25) is 10.1 Å². The molecular weight excluding hydrogens is 190 g/mol. The summed E-state index contributed by atoms with van der Waals surface area (Å²) in [6.07, 6.45) is 0. The van der Waals surface area contributed by atoms with Crippen LogP contribution in [0.1, 0.15) is 0 Å². The van der Waals surface area contributed by atoms with E-state index in [-0.39, 0.29) is 11.2 Å². The monoisotopic (exact) mass is 197 g/mol. The van der Waals surface area contributed by atoms with Gasteiger partial charge in [-0.2, -0.15) is 0 Å². The third kappa shape index (κ3) is 1.25. The third-order valence-corrected chi connectivity index (χ3v) is 2.79. The number of hydrogen-bond acceptors (Lipinski definition) is 6. The number of azo groups is 1. The molecule has 2 heterocycles. The first-order valence-corrected chi connectivity index (χ1v) is 4.48. The molecule has 0 fully saturated rings. The summed E-state index contributed by atoms with van der Waals surface area (Å²) in [6, 6.07) is 0. The first-order chi connectivity index (χ1) is 6.22. The lowest BCUT2D eigenvalue weighted by atomic mass is 10.4. The number of nitrogens with zero attached hydrogens (tertiary/aromatic N) is 3. The summed E-state index contributed by atoms with van der Waals surface area (Å²) in [5, 5.41) is 10.3. The summed E-state index contributed by atoms with van der Waals surface area (Å²) in [5.41, 5.74) is 5.23. The Morgan fingerprint density at radius 1 is 1.62 bits per heavy atom. The normalized spacial score (nSPS) is 25.0. The van der Waals surface area contributed by atoms with Crippen molar-refractivity contribution < 1.29 is 4.79 Å². The van der Waals surface area contributed by atoms with Gasteiger partial charge < -0.3 is 5.73 Å². The number of carbonyl (C=O) groups excluding carboxylic acids is 1. The average Bonchev–Trinajstić information content (AvgIpc) is 2.59. The summed E-state index contributed by atoms with van der Waals surface area (Å²) in [4.78, 5) is 15.7. The Bertz CT molecular complexity index is 358. The zero-order valence-electron chi connectivity index (χ0n) is 6.81. The number of hydrogen-bond donors (Lipinski definition) is 2. The number of amidine groups is 1.